The van der Waals surface area contributed by atoms with Gasteiger partial charge >= 0.3 is 25.8 Å². The average molecular weight is 1310 g/mol. The number of anilines is 1. The molecule has 9 aromatic rings. The molecular weight excluding hydrogens is 1220 g/mol. The van der Waals surface area contributed by atoms with Crippen LogP contribution in [0.2, 0.25) is 0 Å². The fourth-order valence-electron chi connectivity index (χ4n) is 12.4. The lowest BCUT2D eigenvalue weighted by Crippen LogP contribution is -2.49. The van der Waals surface area contributed by atoms with Crippen LogP contribution in [0.25, 0.3) is 11.2 Å². The first-order chi connectivity index (χ1) is 46.3. The Kier molecular flexibility index (Phi) is 23.5. The summed E-state index contributed by atoms with van der Waals surface area (Å²) < 4.78 is 78.7. The summed E-state index contributed by atoms with van der Waals surface area (Å²) in [5, 5.41) is 17.1. The molecule has 19 heteroatoms. The van der Waals surface area contributed by atoms with E-state index in [4.69, 9.17) is 44.1 Å². The molecule has 3 N–H and O–H groups in total. The van der Waals surface area contributed by atoms with Crippen molar-refractivity contribution >= 4 is 36.7 Å². The molecule has 0 saturated carbocycles. The fourth-order valence-corrected chi connectivity index (χ4v) is 14.0. The number of nitrogens with one attached hydrogen (secondary N) is 2. The number of carbonyl (C=O) groups is 2. The number of ether oxygens (including phenoxy) is 5. The summed E-state index contributed by atoms with van der Waals surface area (Å²) in [7, 11) is -1.86. The van der Waals surface area contributed by atoms with Gasteiger partial charge in [-0.3, -0.25) is 18.4 Å². The number of rotatable bonds is 35. The van der Waals surface area contributed by atoms with Crippen molar-refractivity contribution in [2.24, 2.45) is 0 Å². The van der Waals surface area contributed by atoms with E-state index < -0.39 is 73.6 Å². The first kappa shape index (κ1) is 68.8. The molecule has 494 valence electrons. The van der Waals surface area contributed by atoms with Crippen molar-refractivity contribution in [2.75, 3.05) is 32.8 Å². The van der Waals surface area contributed by atoms with Crippen LogP contribution in [0.4, 0.5) is 10.2 Å². The molecule has 95 heavy (non-hydrogen) atoms. The molecule has 0 radical (unpaired) electrons. The van der Waals surface area contributed by atoms with Gasteiger partial charge in [0, 0.05) is 6.42 Å². The summed E-state index contributed by atoms with van der Waals surface area (Å²) >= 11 is 0. The molecule has 0 aliphatic carbocycles. The second-order valence-corrected chi connectivity index (χ2v) is 25.4. The number of benzene rings is 7. The highest BCUT2D eigenvalue weighted by atomic mass is 31.2. The fraction of sp³-hybridized carbons (Fsp3) is 0.329. The summed E-state index contributed by atoms with van der Waals surface area (Å²) in [6, 6.07) is 60.6. The maximum Gasteiger partial charge on any atom is 0.407 e. The number of fused-ring (bicyclic) bond motifs is 1. The van der Waals surface area contributed by atoms with Crippen LogP contribution in [0.3, 0.4) is 0 Å². The second-order valence-electron chi connectivity index (χ2n) is 23.7. The van der Waals surface area contributed by atoms with Crippen molar-refractivity contribution in [3.8, 4) is 23.8 Å². The van der Waals surface area contributed by atoms with Gasteiger partial charge in [0.2, 0.25) is 0 Å². The molecule has 1 unspecified atom stereocenters. The van der Waals surface area contributed by atoms with Gasteiger partial charge in [0.25, 0.3) is 0 Å². The number of aliphatic carboxylic acids is 1. The molecule has 6 atom stereocenters. The summed E-state index contributed by atoms with van der Waals surface area (Å²) in [5.41, 5.74) is 0.243. The molecule has 1 fully saturated rings. The molecule has 3 heterocycles. The minimum absolute atomic E-state index is 0.000746. The normalized spacial score (nSPS) is 16.9. The van der Waals surface area contributed by atoms with E-state index in [2.05, 4.69) is 33.2 Å². The first-order valence-electron chi connectivity index (χ1n) is 32.4. The molecule has 1 aliphatic heterocycles. The standard InChI is InChI=1S/C76H82FN6O11P/c1-6-8-9-10-11-12-13-14-15-31-50-90-72(86)55(3)94-95(87,82-65(71(84)85)51-56-32-21-16-22-33-56)91-53-74(7-2)66(92-76(60-38-27-19-28-39-60,61-40-29-20-30-41-61)62-44-48-64(89-5)49-45-62)52-67(93-74)83-54-78-68-69(79-73(77)80-70(68)83)81-75(57-34-23-17-24-35-57,58-36-25-18-26-37-58)59-42-46-63(88-4)47-43-59/h2,16-30,32-49,54-55,65-67H,6,8-15,31,50-53H2,1,3-5H3,(H,82,87)(H,84,85)(H,79,80,81)/t55-,65-,66-,67+,74+,95?/m0/s1. The van der Waals surface area contributed by atoms with Crippen molar-refractivity contribution in [1.29, 1.82) is 0 Å². The number of imidazole rings is 1. The smallest absolute Gasteiger partial charge is 0.407 e. The first-order valence-corrected chi connectivity index (χ1v) is 34.0. The van der Waals surface area contributed by atoms with E-state index in [1.54, 1.807) is 44.6 Å². The maximum atomic E-state index is 16.8. The van der Waals surface area contributed by atoms with Gasteiger partial charge in [-0.15, -0.1) is 6.42 Å². The van der Waals surface area contributed by atoms with Gasteiger partial charge in [0.05, 0.1) is 27.2 Å². The van der Waals surface area contributed by atoms with Crippen LogP contribution >= 0.6 is 7.75 Å². The van der Waals surface area contributed by atoms with Crippen molar-refractivity contribution in [2.45, 2.75) is 132 Å². The average Bonchev–Trinajstić information content (AvgIpc) is 1.72. The van der Waals surface area contributed by atoms with E-state index in [0.29, 0.717) is 40.2 Å². The third kappa shape index (κ3) is 16.2. The number of methoxy groups -OCH3 is 2. The zero-order valence-corrected chi connectivity index (χ0v) is 55.0. The molecule has 10 rings (SSSR count). The minimum atomic E-state index is -5.03. The predicted octanol–water partition coefficient (Wildman–Crippen LogP) is 15.3. The highest BCUT2D eigenvalue weighted by Crippen LogP contribution is 2.53. The summed E-state index contributed by atoms with van der Waals surface area (Å²) in [4.78, 5) is 40.9. The van der Waals surface area contributed by atoms with E-state index in [-0.39, 0.29) is 36.4 Å². The van der Waals surface area contributed by atoms with E-state index in [1.807, 2.05) is 170 Å². The number of nitrogens with zero attached hydrogens (tertiary/aromatic N) is 4. The Hall–Kier alpha value is -9.05. The molecule has 0 spiro atoms. The van der Waals surface area contributed by atoms with E-state index in [1.165, 1.54) is 49.9 Å². The highest BCUT2D eigenvalue weighted by Gasteiger charge is 2.56. The van der Waals surface area contributed by atoms with Gasteiger partial charge in [-0.2, -0.15) is 14.4 Å². The Labute approximate surface area is 555 Å². The van der Waals surface area contributed by atoms with Crippen LogP contribution in [-0.4, -0.2) is 87.8 Å². The monoisotopic (exact) mass is 1300 g/mol. The van der Waals surface area contributed by atoms with Crippen LogP contribution in [-0.2, 0) is 55.0 Å². The third-order valence-electron chi connectivity index (χ3n) is 17.4. The summed E-state index contributed by atoms with van der Waals surface area (Å²) in [6.07, 6.45) is 13.6. The zero-order valence-electron chi connectivity index (χ0n) is 54.1. The maximum absolute atomic E-state index is 16.8. The Balaban J connectivity index is 1.05. The number of esters is 1. The number of hydrogen-bond donors (Lipinski definition) is 3. The van der Waals surface area contributed by atoms with Gasteiger partial charge in [-0.05, 0) is 83.0 Å². The van der Waals surface area contributed by atoms with Gasteiger partial charge in [0.1, 0.15) is 47.6 Å². The Bertz CT molecular complexity index is 3920. The molecular formula is C76H82FN6O11P. The molecule has 2 aromatic heterocycles. The van der Waals surface area contributed by atoms with Crippen molar-refractivity contribution in [3.05, 3.63) is 252 Å². The van der Waals surface area contributed by atoms with Gasteiger partial charge in [0.15, 0.2) is 28.7 Å². The number of carboxylic acid groups (broad SMARTS) is 1. The van der Waals surface area contributed by atoms with Crippen molar-refractivity contribution < 1.29 is 56.4 Å². The highest BCUT2D eigenvalue weighted by molar-refractivity contribution is 7.51. The van der Waals surface area contributed by atoms with Crippen molar-refractivity contribution in [1.82, 2.24) is 24.6 Å². The third-order valence-corrected chi connectivity index (χ3v) is 19.1. The van der Waals surface area contributed by atoms with Gasteiger partial charge in [-0.1, -0.05) is 247 Å². The molecule has 0 bridgehead atoms. The van der Waals surface area contributed by atoms with E-state index in [0.717, 1.165) is 42.4 Å². The summed E-state index contributed by atoms with van der Waals surface area (Å²) in [6.45, 7) is 2.83. The summed E-state index contributed by atoms with van der Waals surface area (Å²) in [5.74, 6) is 1.85. The second kappa shape index (κ2) is 32.4. The van der Waals surface area contributed by atoms with Crippen molar-refractivity contribution in [3.63, 3.8) is 0 Å². The number of hydrogen-bond acceptors (Lipinski definition) is 14. The Morgan fingerprint density at radius 3 is 1.71 bits per heavy atom. The lowest BCUT2D eigenvalue weighted by Gasteiger charge is -2.41. The number of terminal acetylenes is 1. The number of halogens is 1. The van der Waals surface area contributed by atoms with Crippen LogP contribution in [0.5, 0.6) is 11.5 Å². The number of aromatic nitrogens is 4. The largest absolute Gasteiger partial charge is 0.497 e. The molecule has 0 amide bonds. The van der Waals surface area contributed by atoms with E-state index in [9.17, 15) is 14.7 Å². The number of carbonyl (C=O) groups excluding carboxylic acids is 1. The molecule has 17 nitrogen and oxygen atoms in total. The van der Waals surface area contributed by atoms with Crippen LogP contribution < -0.4 is 19.9 Å². The van der Waals surface area contributed by atoms with Crippen LogP contribution in [0.1, 0.15) is 130 Å². The van der Waals surface area contributed by atoms with E-state index >= 15 is 8.96 Å². The Morgan fingerprint density at radius 1 is 0.705 bits per heavy atom. The molecule has 1 saturated heterocycles. The lowest BCUT2D eigenvalue weighted by molar-refractivity contribution is -0.152. The lowest BCUT2D eigenvalue weighted by atomic mass is 9.77. The van der Waals surface area contributed by atoms with Crippen LogP contribution in [0.15, 0.2) is 207 Å². The molecule has 7 aromatic carbocycles. The quantitative estimate of drug-likeness (QED) is 0.00844. The Morgan fingerprint density at radius 2 is 1.19 bits per heavy atom. The molecule has 1 aliphatic rings. The topological polar surface area (TPSA) is 204 Å². The number of unbranched alkanes of at least 4 members (excludes halogenated alkanes) is 9. The minimum Gasteiger partial charge on any atom is -0.497 e. The zero-order chi connectivity index (χ0) is 66.7. The number of carboxylic acids is 1. The SMILES string of the molecule is C#C[C@]1(COP(=O)(N[C@@H](Cc2ccccc2)C(=O)O)O[C@@H](C)C(=O)OCCCCCCCCCCCC)O[C@@H](n2cnc3c(NC(c4ccccc4)(c4ccccc4)c4ccc(OC)cc4)nc(F)nc32)C[C@@H]1OC(c1ccccc1)(c1ccccc1)c1ccc(OC)cc1. The van der Waals surface area contributed by atoms with Gasteiger partial charge in [-0.25, -0.2) is 19.4 Å². The van der Waals surface area contributed by atoms with Crippen LogP contribution in [0, 0.1) is 18.4 Å². The van der Waals surface area contributed by atoms with Gasteiger partial charge < -0.3 is 34.1 Å². The predicted molar refractivity (Wildman–Crippen MR) is 363 cm³/mol.